The Morgan fingerprint density at radius 2 is 2.06 bits per heavy atom. The fourth-order valence-electron chi connectivity index (χ4n) is 2.75. The highest BCUT2D eigenvalue weighted by atomic mass is 15.3. The van der Waals surface area contributed by atoms with Gasteiger partial charge in [-0.05, 0) is 45.3 Å². The van der Waals surface area contributed by atoms with Crippen LogP contribution in [0, 0.1) is 5.92 Å². The Balaban J connectivity index is 1.99. The minimum Gasteiger partial charge on any atom is -0.302 e. The van der Waals surface area contributed by atoms with Crippen LogP contribution in [0.5, 0.6) is 0 Å². The molecule has 0 aromatic heterocycles. The van der Waals surface area contributed by atoms with Gasteiger partial charge in [-0.2, -0.15) is 0 Å². The lowest BCUT2D eigenvalue weighted by Gasteiger charge is -2.31. The predicted molar refractivity (Wildman–Crippen MR) is 68.3 cm³/mol. The van der Waals surface area contributed by atoms with Crippen molar-refractivity contribution < 1.29 is 0 Å². The number of rotatable bonds is 3. The number of hydrogen-bond acceptors (Lipinski definition) is 2. The lowest BCUT2D eigenvalue weighted by molar-refractivity contribution is 0.162. The van der Waals surface area contributed by atoms with Gasteiger partial charge >= 0.3 is 0 Å². The van der Waals surface area contributed by atoms with E-state index in [1.807, 2.05) is 0 Å². The lowest BCUT2D eigenvalue weighted by Crippen LogP contribution is -2.49. The normalized spacial score (nSPS) is 30.8. The molecule has 2 nitrogen and oxygen atoms in total. The van der Waals surface area contributed by atoms with E-state index in [-0.39, 0.29) is 5.66 Å². The van der Waals surface area contributed by atoms with E-state index in [0.29, 0.717) is 0 Å². The van der Waals surface area contributed by atoms with Gasteiger partial charge in [0.1, 0.15) is 0 Å². The van der Waals surface area contributed by atoms with E-state index >= 15 is 0 Å². The molecule has 2 heteroatoms. The minimum absolute atomic E-state index is 0.180. The maximum absolute atomic E-state index is 3.43. The Morgan fingerprint density at radius 1 is 1.38 bits per heavy atom. The first-order valence-corrected chi connectivity index (χ1v) is 6.08. The summed E-state index contributed by atoms with van der Waals surface area (Å²) in [6.07, 6.45) is 2.43. The number of nitrogens with zero attached hydrogens (tertiary/aromatic N) is 1. The molecule has 0 bridgehead atoms. The van der Waals surface area contributed by atoms with Crippen LogP contribution in [0.25, 0.3) is 0 Å². The van der Waals surface area contributed by atoms with E-state index in [4.69, 9.17) is 0 Å². The first-order chi connectivity index (χ1) is 7.64. The largest absolute Gasteiger partial charge is 0.302 e. The van der Waals surface area contributed by atoms with Crippen LogP contribution in [0.2, 0.25) is 0 Å². The first kappa shape index (κ1) is 11.6. The summed E-state index contributed by atoms with van der Waals surface area (Å²) < 4.78 is 0. The van der Waals surface area contributed by atoms with Gasteiger partial charge in [-0.15, -0.1) is 0 Å². The van der Waals surface area contributed by atoms with E-state index in [1.165, 1.54) is 24.9 Å². The van der Waals surface area contributed by atoms with E-state index in [1.54, 1.807) is 0 Å². The number of hydrogen-bond donors (Lipinski definition) is 1. The molecule has 0 saturated carbocycles. The van der Waals surface area contributed by atoms with Crippen LogP contribution < -0.4 is 5.32 Å². The monoisotopic (exact) mass is 218 g/mol. The van der Waals surface area contributed by atoms with Gasteiger partial charge in [0, 0.05) is 6.54 Å². The highest BCUT2D eigenvalue weighted by Gasteiger charge is 2.38. The first-order valence-electron chi connectivity index (χ1n) is 6.08. The number of likely N-dealkylation sites (tertiary alicyclic amines) is 1. The summed E-state index contributed by atoms with van der Waals surface area (Å²) in [5, 5.41) is 3.43. The summed E-state index contributed by atoms with van der Waals surface area (Å²) in [5.74, 6) is 0.768. The van der Waals surface area contributed by atoms with Gasteiger partial charge in [-0.1, -0.05) is 30.3 Å². The lowest BCUT2D eigenvalue weighted by atomic mass is 9.95. The zero-order valence-corrected chi connectivity index (χ0v) is 10.5. The Hall–Kier alpha value is -0.860. The molecule has 1 saturated heterocycles. The summed E-state index contributed by atoms with van der Waals surface area (Å²) in [6.45, 7) is 3.48. The van der Waals surface area contributed by atoms with Gasteiger partial charge in [0.15, 0.2) is 0 Å². The topological polar surface area (TPSA) is 15.3 Å². The van der Waals surface area contributed by atoms with Crippen molar-refractivity contribution in [3.05, 3.63) is 35.9 Å². The SMILES string of the molecule is CNC1(C)CC(Cc2ccccc2)CN1C. The summed E-state index contributed by atoms with van der Waals surface area (Å²) in [6, 6.07) is 10.8. The van der Waals surface area contributed by atoms with Crippen LogP contribution in [-0.4, -0.2) is 31.2 Å². The Morgan fingerprint density at radius 3 is 2.62 bits per heavy atom. The van der Waals surface area contributed by atoms with Crippen LogP contribution in [0.1, 0.15) is 18.9 Å². The van der Waals surface area contributed by atoms with Crippen molar-refractivity contribution in [2.45, 2.75) is 25.4 Å². The van der Waals surface area contributed by atoms with Crippen molar-refractivity contribution in [1.29, 1.82) is 0 Å². The summed E-state index contributed by atoms with van der Waals surface area (Å²) >= 11 is 0. The maximum Gasteiger partial charge on any atom is 0.0681 e. The predicted octanol–water partition coefficient (Wildman–Crippen LogP) is 2.12. The van der Waals surface area contributed by atoms with Crippen LogP contribution in [0.4, 0.5) is 0 Å². The molecule has 1 aliphatic rings. The average Bonchev–Trinajstić information content (AvgIpc) is 2.56. The molecule has 1 aromatic rings. The maximum atomic E-state index is 3.43. The zero-order valence-electron chi connectivity index (χ0n) is 10.5. The third-order valence-corrected chi connectivity index (χ3v) is 3.97. The van der Waals surface area contributed by atoms with E-state index in [9.17, 15) is 0 Å². The molecule has 1 aromatic carbocycles. The molecule has 0 amide bonds. The molecule has 2 unspecified atom stereocenters. The Kier molecular flexibility index (Phi) is 3.31. The van der Waals surface area contributed by atoms with E-state index < -0.39 is 0 Å². The van der Waals surface area contributed by atoms with Gasteiger partial charge in [0.05, 0.1) is 5.66 Å². The van der Waals surface area contributed by atoms with Crippen molar-refractivity contribution in [3.8, 4) is 0 Å². The average molecular weight is 218 g/mol. The highest BCUT2D eigenvalue weighted by molar-refractivity contribution is 5.16. The molecule has 16 heavy (non-hydrogen) atoms. The van der Waals surface area contributed by atoms with Crippen molar-refractivity contribution in [2.75, 3.05) is 20.6 Å². The molecular formula is C14H22N2. The van der Waals surface area contributed by atoms with Crippen LogP contribution >= 0.6 is 0 Å². The molecule has 88 valence electrons. The molecule has 0 radical (unpaired) electrons. The van der Waals surface area contributed by atoms with Gasteiger partial charge in [-0.25, -0.2) is 0 Å². The fourth-order valence-corrected chi connectivity index (χ4v) is 2.75. The van der Waals surface area contributed by atoms with Crippen LogP contribution in [-0.2, 0) is 6.42 Å². The third-order valence-electron chi connectivity index (χ3n) is 3.97. The fraction of sp³-hybridized carbons (Fsp3) is 0.571. The van der Waals surface area contributed by atoms with Gasteiger partial charge in [0.25, 0.3) is 0 Å². The minimum atomic E-state index is 0.180. The smallest absolute Gasteiger partial charge is 0.0681 e. The second-order valence-electron chi connectivity index (χ2n) is 5.16. The second kappa shape index (κ2) is 4.56. The van der Waals surface area contributed by atoms with Crippen molar-refractivity contribution in [2.24, 2.45) is 5.92 Å². The molecule has 0 aliphatic carbocycles. The Bertz CT molecular complexity index is 336. The molecule has 1 N–H and O–H groups in total. The zero-order chi connectivity index (χ0) is 11.6. The quantitative estimate of drug-likeness (QED) is 0.836. The summed E-state index contributed by atoms with van der Waals surface area (Å²) in [5.41, 5.74) is 1.64. The molecular weight excluding hydrogens is 196 g/mol. The van der Waals surface area contributed by atoms with Gasteiger partial charge in [0.2, 0.25) is 0 Å². The number of benzene rings is 1. The molecule has 2 rings (SSSR count). The van der Waals surface area contributed by atoms with Crippen LogP contribution in [0.15, 0.2) is 30.3 Å². The molecule has 1 aliphatic heterocycles. The highest BCUT2D eigenvalue weighted by Crippen LogP contribution is 2.31. The van der Waals surface area contributed by atoms with Crippen molar-refractivity contribution >= 4 is 0 Å². The summed E-state index contributed by atoms with van der Waals surface area (Å²) in [4.78, 5) is 2.43. The van der Waals surface area contributed by atoms with E-state index in [0.717, 1.165) is 5.92 Å². The second-order valence-corrected chi connectivity index (χ2v) is 5.16. The van der Waals surface area contributed by atoms with Crippen molar-refractivity contribution in [3.63, 3.8) is 0 Å². The molecule has 1 fully saturated rings. The Labute approximate surface area is 98.7 Å². The third kappa shape index (κ3) is 2.28. The standard InChI is InChI=1S/C14H22N2/c1-14(15-2)10-13(11-16(14)3)9-12-7-5-4-6-8-12/h4-8,13,15H,9-11H2,1-3H3. The van der Waals surface area contributed by atoms with Crippen LogP contribution in [0.3, 0.4) is 0 Å². The van der Waals surface area contributed by atoms with E-state index in [2.05, 4.69) is 61.6 Å². The number of nitrogens with one attached hydrogen (secondary N) is 1. The molecule has 0 spiro atoms. The van der Waals surface area contributed by atoms with Gasteiger partial charge in [-0.3, -0.25) is 4.90 Å². The molecule has 1 heterocycles. The van der Waals surface area contributed by atoms with Gasteiger partial charge < -0.3 is 5.32 Å². The summed E-state index contributed by atoms with van der Waals surface area (Å²) in [7, 11) is 4.27. The molecule has 2 atom stereocenters. The van der Waals surface area contributed by atoms with Crippen molar-refractivity contribution in [1.82, 2.24) is 10.2 Å².